The van der Waals surface area contributed by atoms with Gasteiger partial charge in [-0.1, -0.05) is 24.3 Å². The number of carbonyl (C=O) groups is 1. The first-order valence-electron chi connectivity index (χ1n) is 6.37. The second-order valence-electron chi connectivity index (χ2n) is 5.26. The molecule has 0 aliphatic carbocycles. The summed E-state index contributed by atoms with van der Waals surface area (Å²) >= 11 is 0. The van der Waals surface area contributed by atoms with E-state index in [1.54, 1.807) is 26.0 Å². The van der Waals surface area contributed by atoms with Gasteiger partial charge in [-0.2, -0.15) is 0 Å². The first-order valence-corrected chi connectivity index (χ1v) is 6.37. The molecule has 1 amide bonds. The highest BCUT2D eigenvalue weighted by molar-refractivity contribution is 5.67. The molecular weight excluding hydrogens is 276 g/mol. The van der Waals surface area contributed by atoms with E-state index in [9.17, 15) is 13.6 Å². The Labute approximate surface area is 121 Å². The summed E-state index contributed by atoms with van der Waals surface area (Å²) in [5.41, 5.74) is 0.496. The van der Waals surface area contributed by atoms with Gasteiger partial charge in [0.15, 0.2) is 0 Å². The third kappa shape index (κ3) is 3.37. The van der Waals surface area contributed by atoms with E-state index in [0.29, 0.717) is 16.7 Å². The lowest BCUT2D eigenvalue weighted by molar-refractivity contribution is 0.182. The van der Waals surface area contributed by atoms with E-state index in [1.165, 1.54) is 30.3 Å². The Morgan fingerprint density at radius 2 is 1.71 bits per heavy atom. The molecule has 0 aromatic heterocycles. The molecule has 0 unspecified atom stereocenters. The summed E-state index contributed by atoms with van der Waals surface area (Å²) in [6, 6.07) is 10.0. The number of hydrogen-bond acceptors (Lipinski definition) is 1. The third-order valence-electron chi connectivity index (χ3n) is 3.27. The van der Waals surface area contributed by atoms with Crippen LogP contribution in [0.2, 0.25) is 0 Å². The number of hydrogen-bond donors (Lipinski definition) is 2. The first kappa shape index (κ1) is 15.0. The number of amides is 1. The normalized spacial score (nSPS) is 11.2. The van der Waals surface area contributed by atoms with Crippen molar-refractivity contribution >= 4 is 6.09 Å². The van der Waals surface area contributed by atoms with Crippen LogP contribution in [-0.2, 0) is 5.54 Å². The quantitative estimate of drug-likeness (QED) is 0.893. The fourth-order valence-corrected chi connectivity index (χ4v) is 2.11. The van der Waals surface area contributed by atoms with Gasteiger partial charge in [0, 0.05) is 5.56 Å². The average molecular weight is 291 g/mol. The molecule has 21 heavy (non-hydrogen) atoms. The smallest absolute Gasteiger partial charge is 0.405 e. The van der Waals surface area contributed by atoms with E-state index in [1.807, 2.05) is 0 Å². The van der Waals surface area contributed by atoms with E-state index in [0.717, 1.165) is 0 Å². The van der Waals surface area contributed by atoms with Gasteiger partial charge in [-0.15, -0.1) is 0 Å². The monoisotopic (exact) mass is 291 g/mol. The number of carboxylic acid groups (broad SMARTS) is 1. The number of halogens is 2. The van der Waals surface area contributed by atoms with Crippen LogP contribution in [0.4, 0.5) is 13.6 Å². The molecule has 0 spiro atoms. The molecule has 2 rings (SSSR count). The van der Waals surface area contributed by atoms with Crippen molar-refractivity contribution in [1.82, 2.24) is 5.32 Å². The lowest BCUT2D eigenvalue weighted by Gasteiger charge is -2.25. The van der Waals surface area contributed by atoms with Gasteiger partial charge in [-0.3, -0.25) is 0 Å². The van der Waals surface area contributed by atoms with Crippen molar-refractivity contribution < 1.29 is 18.7 Å². The second-order valence-corrected chi connectivity index (χ2v) is 5.26. The zero-order valence-corrected chi connectivity index (χ0v) is 11.7. The molecule has 0 heterocycles. The molecule has 110 valence electrons. The number of rotatable bonds is 3. The lowest BCUT2D eigenvalue weighted by Crippen LogP contribution is -2.40. The largest absolute Gasteiger partial charge is 0.465 e. The Hall–Kier alpha value is -2.43. The van der Waals surface area contributed by atoms with E-state index in [-0.39, 0.29) is 5.82 Å². The zero-order valence-electron chi connectivity index (χ0n) is 11.7. The van der Waals surface area contributed by atoms with Crippen molar-refractivity contribution in [1.29, 1.82) is 0 Å². The Morgan fingerprint density at radius 1 is 1.10 bits per heavy atom. The summed E-state index contributed by atoms with van der Waals surface area (Å²) in [7, 11) is 0. The third-order valence-corrected chi connectivity index (χ3v) is 3.27. The SMILES string of the molecule is CC(C)(NC(=O)O)c1ccc(-c2ccc(F)cc2)c(F)c1. The minimum absolute atomic E-state index is 0.338. The van der Waals surface area contributed by atoms with Gasteiger partial charge in [0.05, 0.1) is 5.54 Å². The number of benzene rings is 2. The fourth-order valence-electron chi connectivity index (χ4n) is 2.11. The first-order chi connectivity index (χ1) is 9.79. The molecule has 0 saturated carbocycles. The van der Waals surface area contributed by atoms with Crippen LogP contribution in [0.3, 0.4) is 0 Å². The summed E-state index contributed by atoms with van der Waals surface area (Å²) in [6.45, 7) is 3.29. The Kier molecular flexibility index (Phi) is 3.93. The van der Waals surface area contributed by atoms with Crippen LogP contribution < -0.4 is 5.32 Å². The van der Waals surface area contributed by atoms with Crippen LogP contribution in [0.5, 0.6) is 0 Å². The van der Waals surface area contributed by atoms with Crippen molar-refractivity contribution in [3.8, 4) is 11.1 Å². The summed E-state index contributed by atoms with van der Waals surface area (Å²) in [4.78, 5) is 10.8. The molecule has 2 N–H and O–H groups in total. The predicted octanol–water partition coefficient (Wildman–Crippen LogP) is 4.13. The molecule has 0 aliphatic rings. The van der Waals surface area contributed by atoms with Crippen LogP contribution in [-0.4, -0.2) is 11.2 Å². The summed E-state index contributed by atoms with van der Waals surface area (Å²) in [6.07, 6.45) is -1.18. The maximum atomic E-state index is 14.2. The van der Waals surface area contributed by atoms with E-state index >= 15 is 0 Å². The standard InChI is InChI=1S/C16H15F2NO2/c1-16(2,19-15(20)21)11-5-8-13(14(18)9-11)10-3-6-12(17)7-4-10/h3-9,19H,1-2H3,(H,20,21). The topological polar surface area (TPSA) is 49.3 Å². The molecule has 0 bridgehead atoms. The molecule has 0 saturated heterocycles. The summed E-state index contributed by atoms with van der Waals surface area (Å²) < 4.78 is 27.1. The van der Waals surface area contributed by atoms with Gasteiger partial charge in [0.25, 0.3) is 0 Å². The van der Waals surface area contributed by atoms with Crippen LogP contribution >= 0.6 is 0 Å². The van der Waals surface area contributed by atoms with Crippen molar-refractivity contribution in [2.24, 2.45) is 0 Å². The molecule has 0 atom stereocenters. The average Bonchev–Trinajstić information content (AvgIpc) is 2.38. The summed E-state index contributed by atoms with van der Waals surface area (Å²) in [5, 5.41) is 11.1. The molecule has 5 heteroatoms. The lowest BCUT2D eigenvalue weighted by atomic mass is 9.92. The Bertz CT molecular complexity index is 666. The highest BCUT2D eigenvalue weighted by Gasteiger charge is 2.23. The number of nitrogens with one attached hydrogen (secondary N) is 1. The van der Waals surface area contributed by atoms with Crippen LogP contribution in [0.15, 0.2) is 42.5 Å². The van der Waals surface area contributed by atoms with Crippen molar-refractivity contribution in [3.63, 3.8) is 0 Å². The molecular formula is C16H15F2NO2. The molecule has 2 aromatic carbocycles. The van der Waals surface area contributed by atoms with Crippen LogP contribution in [0.1, 0.15) is 19.4 Å². The van der Waals surface area contributed by atoms with Crippen molar-refractivity contribution in [2.45, 2.75) is 19.4 Å². The maximum absolute atomic E-state index is 14.2. The molecule has 2 aromatic rings. The van der Waals surface area contributed by atoms with Crippen molar-refractivity contribution in [2.75, 3.05) is 0 Å². The van der Waals surface area contributed by atoms with Gasteiger partial charge in [-0.25, -0.2) is 13.6 Å². The van der Waals surface area contributed by atoms with E-state index in [2.05, 4.69) is 5.32 Å². The van der Waals surface area contributed by atoms with Crippen molar-refractivity contribution in [3.05, 3.63) is 59.7 Å². The second kappa shape index (κ2) is 5.52. The molecule has 0 radical (unpaired) electrons. The molecule has 0 fully saturated rings. The minimum Gasteiger partial charge on any atom is -0.465 e. The van der Waals surface area contributed by atoms with Crippen LogP contribution in [0.25, 0.3) is 11.1 Å². The van der Waals surface area contributed by atoms with E-state index in [4.69, 9.17) is 5.11 Å². The fraction of sp³-hybridized carbons (Fsp3) is 0.188. The van der Waals surface area contributed by atoms with Gasteiger partial charge in [0.2, 0.25) is 0 Å². The Balaban J connectivity index is 2.37. The molecule has 0 aliphatic heterocycles. The highest BCUT2D eigenvalue weighted by atomic mass is 19.1. The predicted molar refractivity (Wildman–Crippen MR) is 76.0 cm³/mol. The van der Waals surface area contributed by atoms with Gasteiger partial charge >= 0.3 is 6.09 Å². The van der Waals surface area contributed by atoms with Gasteiger partial charge in [-0.05, 0) is 43.2 Å². The Morgan fingerprint density at radius 3 is 2.24 bits per heavy atom. The molecule has 3 nitrogen and oxygen atoms in total. The minimum atomic E-state index is -1.18. The van der Waals surface area contributed by atoms with E-state index < -0.39 is 17.4 Å². The zero-order chi connectivity index (χ0) is 15.6. The van der Waals surface area contributed by atoms with Gasteiger partial charge < -0.3 is 10.4 Å². The summed E-state index contributed by atoms with van der Waals surface area (Å²) in [5.74, 6) is -0.873. The van der Waals surface area contributed by atoms with Crippen LogP contribution in [0, 0.1) is 11.6 Å². The highest BCUT2D eigenvalue weighted by Crippen LogP contribution is 2.28. The van der Waals surface area contributed by atoms with Gasteiger partial charge in [0.1, 0.15) is 11.6 Å². The maximum Gasteiger partial charge on any atom is 0.405 e.